The molecule has 0 saturated carbocycles. The number of aromatic nitrogens is 1. The number of benzene rings is 1. The van der Waals surface area contributed by atoms with Crippen LogP contribution in [0.25, 0.3) is 6.08 Å². The number of hydrogen-bond acceptors (Lipinski definition) is 4. The number of nitrogens with zero attached hydrogens (tertiary/aromatic N) is 2. The van der Waals surface area contributed by atoms with Crippen molar-refractivity contribution in [2.45, 2.75) is 45.4 Å². The van der Waals surface area contributed by atoms with Gasteiger partial charge in [0.25, 0.3) is 0 Å². The van der Waals surface area contributed by atoms with Gasteiger partial charge in [-0.15, -0.1) is 0 Å². The third kappa shape index (κ3) is 4.92. The molecule has 152 valence electrons. The van der Waals surface area contributed by atoms with Gasteiger partial charge in [-0.1, -0.05) is 42.5 Å². The summed E-state index contributed by atoms with van der Waals surface area (Å²) in [6, 6.07) is 10.4. The monoisotopic (exact) mass is 391 g/mol. The van der Waals surface area contributed by atoms with Crippen LogP contribution in [0, 0.1) is 6.92 Å². The Kier molecular flexibility index (Phi) is 6.37. The molecule has 1 N–H and O–H groups in total. The Labute approximate surface area is 172 Å². The van der Waals surface area contributed by atoms with Gasteiger partial charge in [0.2, 0.25) is 5.91 Å². The van der Waals surface area contributed by atoms with E-state index in [1.165, 1.54) is 22.3 Å². The Hall–Kier alpha value is -2.50. The van der Waals surface area contributed by atoms with Crippen molar-refractivity contribution in [1.29, 1.82) is 0 Å². The number of hydrogen-bond donors (Lipinski definition) is 1. The third-order valence-electron chi connectivity index (χ3n) is 5.81. The Bertz CT molecular complexity index is 873. The van der Waals surface area contributed by atoms with Crippen LogP contribution in [0.5, 0.6) is 0 Å². The van der Waals surface area contributed by atoms with E-state index in [0.717, 1.165) is 44.6 Å². The maximum Gasteiger partial charge on any atom is 0.249 e. The van der Waals surface area contributed by atoms with E-state index in [1.807, 2.05) is 19.2 Å². The topological polar surface area (TPSA) is 54.5 Å². The SMILES string of the molecule is Cc1ncc2c(c1CNC(=O)C1CCCO1)CCN(C/C=C/c1ccccc1)C2. The molecule has 0 radical (unpaired) electrons. The second-order valence-electron chi connectivity index (χ2n) is 7.84. The van der Waals surface area contributed by atoms with Crippen LogP contribution in [0.1, 0.15) is 40.8 Å². The van der Waals surface area contributed by atoms with Crippen molar-refractivity contribution in [2.24, 2.45) is 0 Å². The Balaban J connectivity index is 1.38. The predicted molar refractivity (Wildman–Crippen MR) is 114 cm³/mol. The number of rotatable bonds is 6. The average Bonchev–Trinajstić information content (AvgIpc) is 3.29. The highest BCUT2D eigenvalue weighted by molar-refractivity contribution is 5.81. The number of amides is 1. The predicted octanol–water partition coefficient (Wildman–Crippen LogP) is 3.26. The minimum Gasteiger partial charge on any atom is -0.368 e. The Morgan fingerprint density at radius 2 is 2.21 bits per heavy atom. The van der Waals surface area contributed by atoms with Gasteiger partial charge < -0.3 is 10.1 Å². The standard InChI is InChI=1S/C24H29N3O2/c1-18-22(16-26-24(28)23-10-6-14-29-23)21-11-13-27(17-20(21)15-25-18)12-5-9-19-7-3-2-4-8-19/h2-5,7-9,15,23H,6,10-14,16-17H2,1H3,(H,26,28)/b9-5+. The number of fused-ring (bicyclic) bond motifs is 1. The zero-order valence-electron chi connectivity index (χ0n) is 17.1. The smallest absolute Gasteiger partial charge is 0.249 e. The summed E-state index contributed by atoms with van der Waals surface area (Å²) < 4.78 is 5.49. The van der Waals surface area contributed by atoms with Crippen LogP contribution in [-0.4, -0.2) is 41.6 Å². The van der Waals surface area contributed by atoms with Crippen LogP contribution >= 0.6 is 0 Å². The molecule has 4 rings (SSSR count). The molecular formula is C24H29N3O2. The fourth-order valence-electron chi connectivity index (χ4n) is 4.15. The molecule has 1 amide bonds. The highest BCUT2D eigenvalue weighted by atomic mass is 16.5. The summed E-state index contributed by atoms with van der Waals surface area (Å²) in [5.41, 5.74) is 6.04. The highest BCUT2D eigenvalue weighted by Gasteiger charge is 2.25. The second kappa shape index (κ2) is 9.33. The van der Waals surface area contributed by atoms with Crippen LogP contribution in [0.2, 0.25) is 0 Å². The van der Waals surface area contributed by atoms with Crippen molar-refractivity contribution in [2.75, 3.05) is 19.7 Å². The quantitative estimate of drug-likeness (QED) is 0.821. The number of nitrogens with one attached hydrogen (secondary N) is 1. The lowest BCUT2D eigenvalue weighted by atomic mass is 9.95. The molecule has 2 aliphatic heterocycles. The lowest BCUT2D eigenvalue weighted by molar-refractivity contribution is -0.130. The Morgan fingerprint density at radius 3 is 3.00 bits per heavy atom. The van der Waals surface area contributed by atoms with E-state index in [1.54, 1.807) is 0 Å². The van der Waals surface area contributed by atoms with E-state index < -0.39 is 0 Å². The van der Waals surface area contributed by atoms with Crippen LogP contribution in [0.15, 0.2) is 42.6 Å². The van der Waals surface area contributed by atoms with Gasteiger partial charge in [-0.25, -0.2) is 0 Å². The fourth-order valence-corrected chi connectivity index (χ4v) is 4.15. The molecule has 2 aromatic rings. The molecule has 1 saturated heterocycles. The lowest BCUT2D eigenvalue weighted by Gasteiger charge is -2.29. The zero-order chi connectivity index (χ0) is 20.1. The van der Waals surface area contributed by atoms with E-state index in [2.05, 4.69) is 51.6 Å². The minimum absolute atomic E-state index is 0.00277. The number of carbonyl (C=O) groups excluding carboxylic acids is 1. The first-order chi connectivity index (χ1) is 14.2. The summed E-state index contributed by atoms with van der Waals surface area (Å²) in [5.74, 6) is 0.00277. The molecular weight excluding hydrogens is 362 g/mol. The number of carbonyl (C=O) groups is 1. The molecule has 1 atom stereocenters. The fraction of sp³-hybridized carbons (Fsp3) is 0.417. The maximum absolute atomic E-state index is 12.3. The van der Waals surface area contributed by atoms with Gasteiger partial charge in [-0.3, -0.25) is 14.7 Å². The maximum atomic E-state index is 12.3. The largest absolute Gasteiger partial charge is 0.368 e. The van der Waals surface area contributed by atoms with Crippen molar-refractivity contribution < 1.29 is 9.53 Å². The summed E-state index contributed by atoms with van der Waals surface area (Å²) in [5, 5.41) is 3.07. The van der Waals surface area contributed by atoms with Crippen LogP contribution in [-0.2, 0) is 29.0 Å². The van der Waals surface area contributed by atoms with E-state index >= 15 is 0 Å². The third-order valence-corrected chi connectivity index (χ3v) is 5.81. The van der Waals surface area contributed by atoms with Gasteiger partial charge >= 0.3 is 0 Å². The van der Waals surface area contributed by atoms with E-state index in [-0.39, 0.29) is 12.0 Å². The zero-order valence-corrected chi connectivity index (χ0v) is 17.1. The molecule has 29 heavy (non-hydrogen) atoms. The summed E-state index contributed by atoms with van der Waals surface area (Å²) in [6.45, 7) is 6.09. The first-order valence-corrected chi connectivity index (χ1v) is 10.5. The number of ether oxygens (including phenoxy) is 1. The molecule has 1 unspecified atom stereocenters. The van der Waals surface area contributed by atoms with Gasteiger partial charge in [-0.05, 0) is 48.4 Å². The molecule has 1 aromatic carbocycles. The van der Waals surface area contributed by atoms with Crippen LogP contribution < -0.4 is 5.32 Å². The van der Waals surface area contributed by atoms with Crippen molar-refractivity contribution in [3.05, 3.63) is 70.6 Å². The molecule has 5 nitrogen and oxygen atoms in total. The van der Waals surface area contributed by atoms with Crippen LogP contribution in [0.4, 0.5) is 0 Å². The minimum atomic E-state index is -0.283. The molecule has 3 heterocycles. The summed E-state index contributed by atoms with van der Waals surface area (Å²) in [7, 11) is 0. The van der Waals surface area contributed by atoms with Gasteiger partial charge in [0.1, 0.15) is 6.10 Å². The molecule has 2 aliphatic rings. The Morgan fingerprint density at radius 1 is 1.34 bits per heavy atom. The summed E-state index contributed by atoms with van der Waals surface area (Å²) in [4.78, 5) is 19.4. The molecule has 0 aliphatic carbocycles. The van der Waals surface area contributed by atoms with E-state index in [9.17, 15) is 4.79 Å². The molecule has 1 fully saturated rings. The van der Waals surface area contributed by atoms with Crippen LogP contribution in [0.3, 0.4) is 0 Å². The number of aryl methyl sites for hydroxylation is 1. The van der Waals surface area contributed by atoms with E-state index in [4.69, 9.17) is 4.74 Å². The van der Waals surface area contributed by atoms with Gasteiger partial charge in [0, 0.05) is 44.7 Å². The second-order valence-corrected chi connectivity index (χ2v) is 7.84. The summed E-state index contributed by atoms with van der Waals surface area (Å²) >= 11 is 0. The first kappa shape index (κ1) is 19.8. The van der Waals surface area contributed by atoms with Crippen molar-refractivity contribution in [3.63, 3.8) is 0 Å². The normalized spacial score (nSPS) is 19.4. The molecule has 1 aromatic heterocycles. The van der Waals surface area contributed by atoms with Crippen molar-refractivity contribution >= 4 is 12.0 Å². The van der Waals surface area contributed by atoms with Gasteiger partial charge in [-0.2, -0.15) is 0 Å². The molecule has 5 heteroatoms. The first-order valence-electron chi connectivity index (χ1n) is 10.5. The lowest BCUT2D eigenvalue weighted by Crippen LogP contribution is -2.35. The van der Waals surface area contributed by atoms with Crippen molar-refractivity contribution in [1.82, 2.24) is 15.2 Å². The van der Waals surface area contributed by atoms with E-state index in [0.29, 0.717) is 13.2 Å². The summed E-state index contributed by atoms with van der Waals surface area (Å²) in [6.07, 6.45) is 8.90. The average molecular weight is 392 g/mol. The molecule has 0 bridgehead atoms. The van der Waals surface area contributed by atoms with Crippen molar-refractivity contribution in [3.8, 4) is 0 Å². The van der Waals surface area contributed by atoms with Gasteiger partial charge in [0.15, 0.2) is 0 Å². The number of pyridine rings is 1. The van der Waals surface area contributed by atoms with Gasteiger partial charge in [0.05, 0.1) is 0 Å². The molecule has 0 spiro atoms. The highest BCUT2D eigenvalue weighted by Crippen LogP contribution is 2.24.